The van der Waals surface area contributed by atoms with E-state index in [0.717, 1.165) is 23.2 Å². The third-order valence-corrected chi connectivity index (χ3v) is 3.35. The lowest BCUT2D eigenvalue weighted by Crippen LogP contribution is -1.92. The van der Waals surface area contributed by atoms with Gasteiger partial charge >= 0.3 is 0 Å². The second kappa shape index (κ2) is 6.92. The molecule has 0 aliphatic carbocycles. The Kier molecular flexibility index (Phi) is 4.95. The summed E-state index contributed by atoms with van der Waals surface area (Å²) in [6.07, 6.45) is 10.9. The number of nitrogens with two attached hydrogens (primary N) is 1. The van der Waals surface area contributed by atoms with E-state index in [1.54, 1.807) is 6.20 Å². The van der Waals surface area contributed by atoms with E-state index in [1.165, 1.54) is 32.1 Å². The summed E-state index contributed by atoms with van der Waals surface area (Å²) in [4.78, 5) is 4.15. The van der Waals surface area contributed by atoms with Gasteiger partial charge in [-0.25, -0.2) is 0 Å². The number of nitrogens with one attached hydrogen (secondary N) is 1. The van der Waals surface area contributed by atoms with Crippen LogP contribution in [0, 0.1) is 0 Å². The van der Waals surface area contributed by atoms with Crippen molar-refractivity contribution in [1.82, 2.24) is 15.2 Å². The molecule has 2 aromatic rings. The van der Waals surface area contributed by atoms with Gasteiger partial charge in [-0.2, -0.15) is 5.10 Å². The van der Waals surface area contributed by atoms with Crippen LogP contribution in [0.4, 0.5) is 5.82 Å². The van der Waals surface area contributed by atoms with Crippen LogP contribution in [0.1, 0.15) is 44.7 Å². The Balaban J connectivity index is 2.02. The first-order chi connectivity index (χ1) is 9.33. The molecule has 0 atom stereocenters. The number of H-pyrrole nitrogens is 1. The number of unbranched alkanes of at least 4 members (excludes halogenated alkanes) is 4. The first-order valence-corrected chi connectivity index (χ1v) is 7.06. The van der Waals surface area contributed by atoms with E-state index >= 15 is 0 Å². The number of pyridine rings is 1. The van der Waals surface area contributed by atoms with Crippen molar-refractivity contribution in [2.24, 2.45) is 0 Å². The summed E-state index contributed by atoms with van der Waals surface area (Å²) in [6.45, 7) is 2.23. The molecule has 0 bridgehead atoms. The van der Waals surface area contributed by atoms with Gasteiger partial charge in [-0.15, -0.1) is 0 Å². The van der Waals surface area contributed by atoms with Crippen LogP contribution in [0.3, 0.4) is 0 Å². The molecule has 2 aromatic heterocycles. The molecule has 0 radical (unpaired) electrons. The predicted molar refractivity (Wildman–Crippen MR) is 78.7 cm³/mol. The van der Waals surface area contributed by atoms with Crippen LogP contribution in [-0.4, -0.2) is 15.2 Å². The molecule has 0 spiro atoms. The maximum atomic E-state index is 5.96. The van der Waals surface area contributed by atoms with Gasteiger partial charge in [-0.05, 0) is 18.9 Å². The highest BCUT2D eigenvalue weighted by atomic mass is 15.2. The van der Waals surface area contributed by atoms with Crippen molar-refractivity contribution in [3.63, 3.8) is 0 Å². The largest absolute Gasteiger partial charge is 0.382 e. The van der Waals surface area contributed by atoms with Crippen LogP contribution in [0.5, 0.6) is 0 Å². The fourth-order valence-electron chi connectivity index (χ4n) is 2.31. The van der Waals surface area contributed by atoms with Crippen LogP contribution in [0.15, 0.2) is 24.5 Å². The van der Waals surface area contributed by atoms with Crippen molar-refractivity contribution in [2.45, 2.75) is 45.4 Å². The molecule has 102 valence electrons. The standard InChI is InChI=1S/C15H22N4/c1-2-3-4-5-6-9-13-14(15(16)19-18-13)12-8-7-10-17-11-12/h7-8,10-11H,2-6,9H2,1H3,(H3,16,18,19). The van der Waals surface area contributed by atoms with Gasteiger partial charge in [-0.3, -0.25) is 10.1 Å². The Hall–Kier alpha value is -1.84. The second-order valence-corrected chi connectivity index (χ2v) is 4.87. The highest BCUT2D eigenvalue weighted by Gasteiger charge is 2.12. The molecular formula is C15H22N4. The molecule has 0 unspecified atom stereocenters. The van der Waals surface area contributed by atoms with Crippen LogP contribution in [0.25, 0.3) is 11.1 Å². The topological polar surface area (TPSA) is 67.6 Å². The van der Waals surface area contributed by atoms with Crippen LogP contribution >= 0.6 is 0 Å². The quantitative estimate of drug-likeness (QED) is 0.746. The van der Waals surface area contributed by atoms with E-state index in [2.05, 4.69) is 22.1 Å². The predicted octanol–water partition coefficient (Wildman–Crippen LogP) is 3.57. The average molecular weight is 258 g/mol. The number of rotatable bonds is 7. The minimum absolute atomic E-state index is 0.566. The summed E-state index contributed by atoms with van der Waals surface area (Å²) in [6, 6.07) is 3.95. The lowest BCUT2D eigenvalue weighted by atomic mass is 10.0. The van der Waals surface area contributed by atoms with E-state index in [-0.39, 0.29) is 0 Å². The molecule has 0 fully saturated rings. The summed E-state index contributed by atoms with van der Waals surface area (Å²) < 4.78 is 0. The van der Waals surface area contributed by atoms with E-state index in [0.29, 0.717) is 5.82 Å². The monoisotopic (exact) mass is 258 g/mol. The summed E-state index contributed by atoms with van der Waals surface area (Å²) in [5, 5.41) is 7.19. The number of hydrogen-bond donors (Lipinski definition) is 2. The molecule has 0 saturated carbocycles. The number of aromatic nitrogens is 3. The minimum atomic E-state index is 0.566. The van der Waals surface area contributed by atoms with Gasteiger partial charge in [0.15, 0.2) is 5.82 Å². The first kappa shape index (κ1) is 13.6. The van der Waals surface area contributed by atoms with Gasteiger partial charge in [0.25, 0.3) is 0 Å². The van der Waals surface area contributed by atoms with Gasteiger partial charge in [0.2, 0.25) is 0 Å². The Bertz CT molecular complexity index is 490. The third-order valence-electron chi connectivity index (χ3n) is 3.35. The molecule has 4 nitrogen and oxygen atoms in total. The van der Waals surface area contributed by atoms with Crippen molar-refractivity contribution >= 4 is 5.82 Å². The number of hydrogen-bond acceptors (Lipinski definition) is 3. The Labute approximate surface area is 114 Å². The highest BCUT2D eigenvalue weighted by Crippen LogP contribution is 2.28. The Morgan fingerprint density at radius 2 is 2.05 bits per heavy atom. The summed E-state index contributed by atoms with van der Waals surface area (Å²) >= 11 is 0. The molecule has 0 aliphatic rings. The number of aryl methyl sites for hydroxylation is 1. The molecule has 0 saturated heterocycles. The summed E-state index contributed by atoms with van der Waals surface area (Å²) in [5.41, 5.74) is 9.14. The van der Waals surface area contributed by atoms with E-state index in [1.807, 2.05) is 18.3 Å². The molecule has 19 heavy (non-hydrogen) atoms. The fraction of sp³-hybridized carbons (Fsp3) is 0.467. The van der Waals surface area contributed by atoms with E-state index < -0.39 is 0 Å². The fourth-order valence-corrected chi connectivity index (χ4v) is 2.31. The lowest BCUT2D eigenvalue weighted by molar-refractivity contribution is 0.628. The number of anilines is 1. The van der Waals surface area contributed by atoms with Crippen molar-refractivity contribution in [3.05, 3.63) is 30.2 Å². The van der Waals surface area contributed by atoms with Gasteiger partial charge < -0.3 is 5.73 Å². The average Bonchev–Trinajstić information content (AvgIpc) is 2.81. The minimum Gasteiger partial charge on any atom is -0.382 e. The molecular weight excluding hydrogens is 236 g/mol. The highest BCUT2D eigenvalue weighted by molar-refractivity contribution is 5.75. The normalized spacial score (nSPS) is 10.8. The van der Waals surface area contributed by atoms with E-state index in [4.69, 9.17) is 5.73 Å². The smallest absolute Gasteiger partial charge is 0.153 e. The van der Waals surface area contributed by atoms with Crippen LogP contribution in [0.2, 0.25) is 0 Å². The van der Waals surface area contributed by atoms with Gasteiger partial charge in [0.05, 0.1) is 0 Å². The van der Waals surface area contributed by atoms with Gasteiger partial charge in [-0.1, -0.05) is 38.7 Å². The molecule has 2 heterocycles. The molecule has 4 heteroatoms. The van der Waals surface area contributed by atoms with Crippen molar-refractivity contribution in [2.75, 3.05) is 5.73 Å². The number of nitrogen functional groups attached to an aromatic ring is 1. The first-order valence-electron chi connectivity index (χ1n) is 7.06. The van der Waals surface area contributed by atoms with Gasteiger partial charge in [0.1, 0.15) is 0 Å². The van der Waals surface area contributed by atoms with E-state index in [9.17, 15) is 0 Å². The zero-order valence-electron chi connectivity index (χ0n) is 11.5. The number of nitrogens with zero attached hydrogens (tertiary/aromatic N) is 2. The maximum absolute atomic E-state index is 5.96. The molecule has 3 N–H and O–H groups in total. The summed E-state index contributed by atoms with van der Waals surface area (Å²) in [7, 11) is 0. The maximum Gasteiger partial charge on any atom is 0.153 e. The SMILES string of the molecule is CCCCCCCc1[nH]nc(N)c1-c1cccnc1. The second-order valence-electron chi connectivity index (χ2n) is 4.87. The molecule has 2 rings (SSSR count). The van der Waals surface area contributed by atoms with Crippen molar-refractivity contribution in [3.8, 4) is 11.1 Å². The van der Waals surface area contributed by atoms with Crippen molar-refractivity contribution < 1.29 is 0 Å². The number of aromatic amines is 1. The zero-order chi connectivity index (χ0) is 13.5. The molecule has 0 aromatic carbocycles. The Morgan fingerprint density at radius 1 is 1.21 bits per heavy atom. The molecule has 0 aliphatic heterocycles. The lowest BCUT2D eigenvalue weighted by Gasteiger charge is -2.04. The van der Waals surface area contributed by atoms with Crippen LogP contribution in [-0.2, 0) is 6.42 Å². The summed E-state index contributed by atoms with van der Waals surface area (Å²) in [5.74, 6) is 0.566. The van der Waals surface area contributed by atoms with Gasteiger partial charge in [0, 0.05) is 29.2 Å². The Morgan fingerprint density at radius 3 is 2.79 bits per heavy atom. The third kappa shape index (κ3) is 3.56. The molecule has 0 amide bonds. The van der Waals surface area contributed by atoms with Crippen molar-refractivity contribution in [1.29, 1.82) is 0 Å². The zero-order valence-corrected chi connectivity index (χ0v) is 11.5. The van der Waals surface area contributed by atoms with Crippen LogP contribution < -0.4 is 5.73 Å².